The molecule has 0 atom stereocenters. The Hall–Kier alpha value is -1.29. The van der Waals surface area contributed by atoms with E-state index in [1.54, 1.807) is 13.0 Å². The summed E-state index contributed by atoms with van der Waals surface area (Å²) in [4.78, 5) is 3.91. The highest BCUT2D eigenvalue weighted by molar-refractivity contribution is 6.32. The molecule has 70 valence electrons. The van der Waals surface area contributed by atoms with Crippen LogP contribution in [0.15, 0.2) is 40.0 Å². The summed E-state index contributed by atoms with van der Waals surface area (Å²) in [7, 11) is 0. The van der Waals surface area contributed by atoms with E-state index in [9.17, 15) is 4.39 Å². The van der Waals surface area contributed by atoms with Gasteiger partial charge in [-0.2, -0.15) is 0 Å². The van der Waals surface area contributed by atoms with Gasteiger partial charge in [-0.05, 0) is 6.92 Å². The number of hydrogen-bond acceptors (Lipinski definition) is 2. The minimum absolute atomic E-state index is 0.109. The lowest BCUT2D eigenvalue weighted by Gasteiger charge is -1.99. The van der Waals surface area contributed by atoms with Crippen molar-refractivity contribution in [2.24, 2.45) is 10.7 Å². The standard InChI is InChI=1S/C8H9ClFN3/c1-2-3-12-8-6(7(9)11)5(10)4-13-8/h2-4H,11H2,1H3,(H,12,13)/b3-2+,7-6-. The Labute approximate surface area is 80.5 Å². The first kappa shape index (κ1) is 9.80. The third-order valence-corrected chi connectivity index (χ3v) is 1.59. The topological polar surface area (TPSA) is 50.4 Å². The average Bonchev–Trinajstić information content (AvgIpc) is 2.43. The summed E-state index contributed by atoms with van der Waals surface area (Å²) < 4.78 is 13.0. The van der Waals surface area contributed by atoms with Crippen LogP contribution >= 0.6 is 11.6 Å². The van der Waals surface area contributed by atoms with Gasteiger partial charge in [0.15, 0.2) is 5.83 Å². The number of nitrogens with zero attached hydrogens (tertiary/aromatic N) is 1. The van der Waals surface area contributed by atoms with Crippen molar-refractivity contribution < 1.29 is 4.39 Å². The molecule has 0 fully saturated rings. The van der Waals surface area contributed by atoms with Crippen molar-refractivity contribution in [3.05, 3.63) is 35.0 Å². The highest BCUT2D eigenvalue weighted by atomic mass is 35.5. The molecule has 3 N–H and O–H groups in total. The second-order valence-corrected chi connectivity index (χ2v) is 2.73. The lowest BCUT2D eigenvalue weighted by Crippen LogP contribution is -2.15. The Morgan fingerprint density at radius 2 is 2.46 bits per heavy atom. The summed E-state index contributed by atoms with van der Waals surface area (Å²) in [5.74, 6) is -0.182. The number of halogens is 2. The first-order chi connectivity index (χ1) is 6.16. The lowest BCUT2D eigenvalue weighted by atomic mass is 10.3. The van der Waals surface area contributed by atoms with E-state index in [1.807, 2.05) is 0 Å². The van der Waals surface area contributed by atoms with Crippen molar-refractivity contribution in [2.75, 3.05) is 0 Å². The van der Waals surface area contributed by atoms with Gasteiger partial charge in [-0.3, -0.25) is 0 Å². The lowest BCUT2D eigenvalue weighted by molar-refractivity contribution is 0.660. The smallest absolute Gasteiger partial charge is 0.153 e. The number of amidine groups is 1. The molecule has 0 saturated heterocycles. The van der Waals surface area contributed by atoms with Crippen molar-refractivity contribution in [1.82, 2.24) is 5.32 Å². The van der Waals surface area contributed by atoms with Crippen molar-refractivity contribution in [3.8, 4) is 0 Å². The molecule has 0 aromatic carbocycles. The molecule has 1 heterocycles. The first-order valence-electron chi connectivity index (χ1n) is 3.64. The van der Waals surface area contributed by atoms with Crippen LogP contribution in [0.25, 0.3) is 0 Å². The quantitative estimate of drug-likeness (QED) is 0.635. The van der Waals surface area contributed by atoms with E-state index in [2.05, 4.69) is 10.3 Å². The molecule has 1 aliphatic heterocycles. The third kappa shape index (κ3) is 2.09. The number of aliphatic imine (C=N–C) groups is 1. The highest BCUT2D eigenvalue weighted by Gasteiger charge is 2.20. The van der Waals surface area contributed by atoms with E-state index < -0.39 is 5.83 Å². The molecule has 0 bridgehead atoms. The van der Waals surface area contributed by atoms with E-state index in [4.69, 9.17) is 17.3 Å². The summed E-state index contributed by atoms with van der Waals surface area (Å²) in [6.45, 7) is 1.80. The van der Waals surface area contributed by atoms with Gasteiger partial charge in [0.25, 0.3) is 0 Å². The number of rotatable bonds is 1. The van der Waals surface area contributed by atoms with Crippen LogP contribution in [0.1, 0.15) is 6.92 Å². The fraction of sp³-hybridized carbons (Fsp3) is 0.125. The summed E-state index contributed by atoms with van der Waals surface area (Å²) in [6.07, 6.45) is 4.40. The van der Waals surface area contributed by atoms with Gasteiger partial charge in [0.05, 0.1) is 5.57 Å². The molecule has 3 nitrogen and oxygen atoms in total. The molecule has 0 radical (unpaired) electrons. The first-order valence-corrected chi connectivity index (χ1v) is 4.01. The Morgan fingerprint density at radius 1 is 1.77 bits per heavy atom. The highest BCUT2D eigenvalue weighted by Crippen LogP contribution is 2.21. The van der Waals surface area contributed by atoms with Crippen LogP contribution in [0.3, 0.4) is 0 Å². The number of nitrogens with two attached hydrogens (primary N) is 1. The molecular formula is C8H9ClFN3. The number of hydrogen-bond donors (Lipinski definition) is 2. The Balaban J connectivity index is 3.02. The molecule has 0 aromatic rings. The molecule has 0 amide bonds. The average molecular weight is 202 g/mol. The van der Waals surface area contributed by atoms with Gasteiger partial charge in [0.1, 0.15) is 11.0 Å². The van der Waals surface area contributed by atoms with Crippen LogP contribution in [0, 0.1) is 0 Å². The second-order valence-electron chi connectivity index (χ2n) is 2.32. The Bertz CT molecular complexity index is 324. The van der Waals surface area contributed by atoms with Gasteiger partial charge in [0, 0.05) is 12.4 Å². The van der Waals surface area contributed by atoms with E-state index in [1.165, 1.54) is 6.20 Å². The summed E-state index contributed by atoms with van der Waals surface area (Å²) in [6, 6.07) is 0. The van der Waals surface area contributed by atoms with Crippen LogP contribution in [0.4, 0.5) is 4.39 Å². The molecule has 0 spiro atoms. The molecular weight excluding hydrogens is 193 g/mol. The van der Waals surface area contributed by atoms with Gasteiger partial charge in [0.2, 0.25) is 0 Å². The van der Waals surface area contributed by atoms with Crippen LogP contribution in [-0.4, -0.2) is 5.84 Å². The van der Waals surface area contributed by atoms with Crippen molar-refractivity contribution in [1.29, 1.82) is 0 Å². The van der Waals surface area contributed by atoms with Gasteiger partial charge in [-0.15, -0.1) is 0 Å². The minimum atomic E-state index is -0.504. The maximum atomic E-state index is 13.0. The molecule has 1 aliphatic rings. The molecule has 0 saturated carbocycles. The fourth-order valence-electron chi connectivity index (χ4n) is 0.867. The van der Waals surface area contributed by atoms with E-state index in [0.29, 0.717) is 5.84 Å². The van der Waals surface area contributed by atoms with E-state index >= 15 is 0 Å². The molecule has 0 aliphatic carbocycles. The minimum Gasteiger partial charge on any atom is -0.389 e. The third-order valence-electron chi connectivity index (χ3n) is 1.40. The zero-order valence-corrected chi connectivity index (χ0v) is 7.77. The SMILES string of the molecule is C/C=C/N=C1/NC=C(F)/C1=C(/N)Cl. The van der Waals surface area contributed by atoms with Crippen molar-refractivity contribution in [3.63, 3.8) is 0 Å². The largest absolute Gasteiger partial charge is 0.389 e. The predicted molar refractivity (Wildman–Crippen MR) is 51.6 cm³/mol. The van der Waals surface area contributed by atoms with E-state index in [0.717, 1.165) is 6.20 Å². The van der Waals surface area contributed by atoms with Gasteiger partial charge in [-0.25, -0.2) is 9.38 Å². The second kappa shape index (κ2) is 4.09. The normalized spacial score (nSPS) is 23.6. The molecule has 5 heteroatoms. The molecule has 1 rings (SSSR count). The zero-order chi connectivity index (χ0) is 9.84. The van der Waals surface area contributed by atoms with Crippen LogP contribution < -0.4 is 11.1 Å². The Morgan fingerprint density at radius 3 is 3.00 bits per heavy atom. The molecule has 13 heavy (non-hydrogen) atoms. The fourth-order valence-corrected chi connectivity index (χ4v) is 1.05. The van der Waals surface area contributed by atoms with Crippen LogP contribution in [0.2, 0.25) is 0 Å². The van der Waals surface area contributed by atoms with Crippen molar-refractivity contribution >= 4 is 17.4 Å². The summed E-state index contributed by atoms with van der Waals surface area (Å²) in [5.41, 5.74) is 5.38. The molecule has 0 aromatic heterocycles. The van der Waals surface area contributed by atoms with Crippen molar-refractivity contribution in [2.45, 2.75) is 6.92 Å². The maximum absolute atomic E-state index is 13.0. The Kier molecular flexibility index (Phi) is 3.08. The van der Waals surface area contributed by atoms with Gasteiger partial charge in [-0.1, -0.05) is 17.7 Å². The summed E-state index contributed by atoms with van der Waals surface area (Å²) >= 11 is 5.48. The van der Waals surface area contributed by atoms with Gasteiger partial charge >= 0.3 is 0 Å². The van der Waals surface area contributed by atoms with Crippen LogP contribution in [0.5, 0.6) is 0 Å². The van der Waals surface area contributed by atoms with Crippen LogP contribution in [-0.2, 0) is 0 Å². The number of allylic oxidation sites excluding steroid dienone is 1. The summed E-state index contributed by atoms with van der Waals surface area (Å²) in [5, 5.41) is 2.50. The maximum Gasteiger partial charge on any atom is 0.153 e. The monoisotopic (exact) mass is 201 g/mol. The predicted octanol–water partition coefficient (Wildman–Crippen LogP) is 1.74. The number of nitrogens with one attached hydrogen (secondary N) is 1. The molecule has 0 unspecified atom stereocenters. The van der Waals surface area contributed by atoms with Gasteiger partial charge < -0.3 is 11.1 Å². The van der Waals surface area contributed by atoms with E-state index in [-0.39, 0.29) is 10.7 Å². The zero-order valence-electron chi connectivity index (χ0n) is 7.01.